The van der Waals surface area contributed by atoms with Crippen molar-refractivity contribution in [1.82, 2.24) is 15.5 Å². The number of likely N-dealkylation sites (tertiary alicyclic amines) is 1. The van der Waals surface area contributed by atoms with E-state index in [1.54, 1.807) is 12.1 Å². The van der Waals surface area contributed by atoms with Crippen LogP contribution in [-0.2, 0) is 9.59 Å². The predicted octanol–water partition coefficient (Wildman–Crippen LogP) is 0.639. The number of nitrogens with zero attached hydrogens (tertiary/aromatic N) is 1. The molecule has 1 unspecified atom stereocenters. The van der Waals surface area contributed by atoms with Gasteiger partial charge in [0.15, 0.2) is 0 Å². The van der Waals surface area contributed by atoms with Gasteiger partial charge < -0.3 is 20.6 Å². The van der Waals surface area contributed by atoms with E-state index in [2.05, 4.69) is 10.6 Å². The molecule has 1 aromatic carbocycles. The van der Waals surface area contributed by atoms with Gasteiger partial charge in [-0.2, -0.15) is 0 Å². The summed E-state index contributed by atoms with van der Waals surface area (Å²) in [6.45, 7) is 1.04. The monoisotopic (exact) mass is 345 g/mol. The van der Waals surface area contributed by atoms with Crippen molar-refractivity contribution in [3.05, 3.63) is 29.8 Å². The molecular formula is C18H23N3O4. The zero-order chi connectivity index (χ0) is 17.8. The third kappa shape index (κ3) is 4.29. The number of para-hydroxylation sites is 1. The van der Waals surface area contributed by atoms with Crippen molar-refractivity contribution >= 4 is 17.7 Å². The van der Waals surface area contributed by atoms with Crippen molar-refractivity contribution in [3.8, 4) is 5.75 Å². The van der Waals surface area contributed by atoms with Gasteiger partial charge in [-0.25, -0.2) is 0 Å². The number of carbonyl (C=O) groups is 3. The molecule has 1 atom stereocenters. The quantitative estimate of drug-likeness (QED) is 0.704. The maximum Gasteiger partial charge on any atom is 0.258 e. The average Bonchev–Trinajstić information content (AvgIpc) is 3.31. The molecule has 0 aromatic heterocycles. The normalized spacial score (nSPS) is 19.5. The summed E-state index contributed by atoms with van der Waals surface area (Å²) in [7, 11) is 0. The van der Waals surface area contributed by atoms with Gasteiger partial charge in [0.1, 0.15) is 11.8 Å². The van der Waals surface area contributed by atoms with Crippen LogP contribution in [0.2, 0.25) is 0 Å². The molecule has 2 aliphatic rings. The summed E-state index contributed by atoms with van der Waals surface area (Å²) in [5.41, 5.74) is 0.185. The van der Waals surface area contributed by atoms with E-state index in [0.29, 0.717) is 31.8 Å². The predicted molar refractivity (Wildman–Crippen MR) is 90.9 cm³/mol. The summed E-state index contributed by atoms with van der Waals surface area (Å²) < 4.78 is 0. The fourth-order valence-electron chi connectivity index (χ4n) is 3.02. The summed E-state index contributed by atoms with van der Waals surface area (Å²) in [5, 5.41) is 15.3. The van der Waals surface area contributed by atoms with Crippen LogP contribution in [0, 0.1) is 5.92 Å². The highest BCUT2D eigenvalue weighted by molar-refractivity contribution is 6.00. The highest BCUT2D eigenvalue weighted by Crippen LogP contribution is 2.27. The lowest BCUT2D eigenvalue weighted by Crippen LogP contribution is -2.48. The van der Waals surface area contributed by atoms with Gasteiger partial charge in [-0.1, -0.05) is 12.1 Å². The van der Waals surface area contributed by atoms with Crippen molar-refractivity contribution in [1.29, 1.82) is 0 Å². The number of amides is 3. The van der Waals surface area contributed by atoms with Crippen LogP contribution in [0.4, 0.5) is 0 Å². The van der Waals surface area contributed by atoms with Crippen LogP contribution in [0.25, 0.3) is 0 Å². The van der Waals surface area contributed by atoms with E-state index < -0.39 is 6.04 Å². The van der Waals surface area contributed by atoms with Gasteiger partial charge in [-0.3, -0.25) is 14.4 Å². The van der Waals surface area contributed by atoms with Crippen LogP contribution in [0.5, 0.6) is 5.75 Å². The Morgan fingerprint density at radius 3 is 2.60 bits per heavy atom. The number of benzene rings is 1. The molecule has 1 aliphatic carbocycles. The molecule has 1 saturated heterocycles. The van der Waals surface area contributed by atoms with Gasteiger partial charge in [0.25, 0.3) is 5.91 Å². The number of carbonyl (C=O) groups excluding carboxylic acids is 3. The van der Waals surface area contributed by atoms with E-state index in [0.717, 1.165) is 12.8 Å². The van der Waals surface area contributed by atoms with E-state index in [-0.39, 0.29) is 35.6 Å². The van der Waals surface area contributed by atoms with Crippen molar-refractivity contribution in [2.24, 2.45) is 5.92 Å². The first kappa shape index (κ1) is 17.3. The molecule has 3 amide bonds. The molecule has 1 heterocycles. The molecule has 1 saturated carbocycles. The van der Waals surface area contributed by atoms with Gasteiger partial charge in [0, 0.05) is 13.1 Å². The number of phenolic OH excluding ortho intramolecular Hbond substituents is 1. The van der Waals surface area contributed by atoms with E-state index in [1.165, 1.54) is 17.0 Å². The van der Waals surface area contributed by atoms with Gasteiger partial charge in [0.2, 0.25) is 11.8 Å². The summed E-state index contributed by atoms with van der Waals surface area (Å²) in [5.74, 6) is -0.423. The lowest BCUT2D eigenvalue weighted by molar-refractivity contribution is -0.128. The fourth-order valence-corrected chi connectivity index (χ4v) is 3.02. The zero-order valence-corrected chi connectivity index (χ0v) is 14.0. The van der Waals surface area contributed by atoms with E-state index in [9.17, 15) is 19.5 Å². The Labute approximate surface area is 146 Å². The molecule has 25 heavy (non-hydrogen) atoms. The van der Waals surface area contributed by atoms with Crippen LogP contribution in [0.15, 0.2) is 24.3 Å². The first-order chi connectivity index (χ1) is 12.1. The lowest BCUT2D eigenvalue weighted by Gasteiger charge is -2.24. The molecule has 7 heteroatoms. The van der Waals surface area contributed by atoms with Crippen molar-refractivity contribution in [3.63, 3.8) is 0 Å². The fraction of sp³-hybridized carbons (Fsp3) is 0.500. The Bertz CT molecular complexity index is 672. The Kier molecular flexibility index (Phi) is 5.21. The Morgan fingerprint density at radius 1 is 1.12 bits per heavy atom. The average molecular weight is 345 g/mol. The molecule has 0 spiro atoms. The number of nitrogens with one attached hydrogen (secondary N) is 2. The molecule has 0 bridgehead atoms. The van der Waals surface area contributed by atoms with E-state index >= 15 is 0 Å². The number of hydrogen-bond acceptors (Lipinski definition) is 4. The summed E-state index contributed by atoms with van der Waals surface area (Å²) in [6.07, 6.45) is 3.57. The molecule has 1 aliphatic heterocycles. The molecule has 134 valence electrons. The second kappa shape index (κ2) is 7.55. The second-order valence-electron chi connectivity index (χ2n) is 6.64. The number of hydrogen-bond donors (Lipinski definition) is 3. The summed E-state index contributed by atoms with van der Waals surface area (Å²) in [4.78, 5) is 38.2. The van der Waals surface area contributed by atoms with E-state index in [1.807, 2.05) is 0 Å². The van der Waals surface area contributed by atoms with Gasteiger partial charge in [-0.15, -0.1) is 0 Å². The molecule has 7 nitrogen and oxygen atoms in total. The maximum absolute atomic E-state index is 12.6. The molecule has 0 radical (unpaired) electrons. The minimum atomic E-state index is -0.608. The Morgan fingerprint density at radius 2 is 1.88 bits per heavy atom. The minimum Gasteiger partial charge on any atom is -0.507 e. The van der Waals surface area contributed by atoms with Crippen LogP contribution < -0.4 is 10.6 Å². The van der Waals surface area contributed by atoms with Crippen LogP contribution in [-0.4, -0.2) is 53.4 Å². The molecule has 1 aromatic rings. The Hall–Kier alpha value is -2.57. The highest BCUT2D eigenvalue weighted by atomic mass is 16.3. The SMILES string of the molecule is O=C(CNC(=O)C1CCCN1C(=O)c1ccccc1O)NCC1CC1. The maximum atomic E-state index is 12.6. The minimum absolute atomic E-state index is 0.0827. The van der Waals surface area contributed by atoms with Crippen molar-refractivity contribution in [2.75, 3.05) is 19.6 Å². The number of phenols is 1. The third-order valence-corrected chi connectivity index (χ3v) is 4.66. The standard InChI is InChI=1S/C18H23N3O4/c22-15-6-2-1-4-13(15)18(25)21-9-3-5-14(21)17(24)20-11-16(23)19-10-12-7-8-12/h1-2,4,6,12,14,22H,3,5,7-11H2,(H,19,23)(H,20,24). The lowest BCUT2D eigenvalue weighted by atomic mass is 10.1. The molecule has 3 rings (SSSR count). The van der Waals surface area contributed by atoms with Crippen LogP contribution in [0.3, 0.4) is 0 Å². The smallest absolute Gasteiger partial charge is 0.258 e. The van der Waals surface area contributed by atoms with Crippen molar-refractivity contribution in [2.45, 2.75) is 31.7 Å². The topological polar surface area (TPSA) is 98.7 Å². The van der Waals surface area contributed by atoms with Crippen molar-refractivity contribution < 1.29 is 19.5 Å². The second-order valence-corrected chi connectivity index (χ2v) is 6.64. The summed E-state index contributed by atoms with van der Waals surface area (Å²) >= 11 is 0. The number of aromatic hydroxyl groups is 1. The molecule has 3 N–H and O–H groups in total. The largest absolute Gasteiger partial charge is 0.507 e. The third-order valence-electron chi connectivity index (χ3n) is 4.66. The molecular weight excluding hydrogens is 322 g/mol. The van der Waals surface area contributed by atoms with E-state index in [4.69, 9.17) is 0 Å². The molecule has 2 fully saturated rings. The van der Waals surface area contributed by atoms with Gasteiger partial charge in [-0.05, 0) is 43.7 Å². The Balaban J connectivity index is 1.55. The first-order valence-corrected chi connectivity index (χ1v) is 8.69. The summed E-state index contributed by atoms with van der Waals surface area (Å²) in [6, 6.07) is 5.69. The van der Waals surface area contributed by atoms with Gasteiger partial charge in [0.05, 0.1) is 12.1 Å². The van der Waals surface area contributed by atoms with Gasteiger partial charge >= 0.3 is 0 Å². The zero-order valence-electron chi connectivity index (χ0n) is 14.0. The van der Waals surface area contributed by atoms with Crippen LogP contribution in [0.1, 0.15) is 36.0 Å². The van der Waals surface area contributed by atoms with Crippen LogP contribution >= 0.6 is 0 Å². The first-order valence-electron chi connectivity index (χ1n) is 8.69. The number of rotatable bonds is 6. The highest BCUT2D eigenvalue weighted by Gasteiger charge is 2.35.